The van der Waals surface area contributed by atoms with Crippen LogP contribution in [0.1, 0.15) is 22.2 Å². The van der Waals surface area contributed by atoms with Gasteiger partial charge in [-0.1, -0.05) is 35.9 Å². The van der Waals surface area contributed by atoms with Crippen LogP contribution >= 0.6 is 22.9 Å². The molecule has 3 rings (SSSR count). The minimum Gasteiger partial charge on any atom is -0.493 e. The normalized spacial score (nSPS) is 10.5. The second kappa shape index (κ2) is 7.68. The van der Waals surface area contributed by atoms with Gasteiger partial charge in [0.05, 0.1) is 17.9 Å². The lowest BCUT2D eigenvalue weighted by atomic mass is 10.1. The molecule has 1 aromatic heterocycles. The molecule has 0 spiro atoms. The molecule has 2 aromatic carbocycles. The minimum atomic E-state index is -0.236. The third-order valence-corrected chi connectivity index (χ3v) is 4.70. The number of nitrogens with zero attached hydrogens (tertiary/aromatic N) is 1. The highest BCUT2D eigenvalue weighted by molar-refractivity contribution is 7.16. The zero-order valence-electron chi connectivity index (χ0n) is 13.9. The van der Waals surface area contributed by atoms with E-state index in [9.17, 15) is 4.79 Å². The number of aromatic nitrogens is 1. The molecule has 1 heterocycles. The predicted octanol–water partition coefficient (Wildman–Crippen LogP) is 5.42. The monoisotopic (exact) mass is 372 g/mol. The molecule has 0 fully saturated rings. The van der Waals surface area contributed by atoms with Crippen LogP contribution in [0.4, 0.5) is 5.13 Å². The number of hydrogen-bond acceptors (Lipinski definition) is 4. The van der Waals surface area contributed by atoms with Gasteiger partial charge in [-0.3, -0.25) is 10.1 Å². The summed E-state index contributed by atoms with van der Waals surface area (Å²) in [5, 5.41) is 4.09. The molecule has 0 aliphatic heterocycles. The Hall–Kier alpha value is -2.37. The number of thiazole rings is 1. The van der Waals surface area contributed by atoms with E-state index in [1.54, 1.807) is 12.1 Å². The zero-order chi connectivity index (χ0) is 17.8. The van der Waals surface area contributed by atoms with Crippen LogP contribution in [0.15, 0.2) is 48.5 Å². The van der Waals surface area contributed by atoms with E-state index in [0.717, 1.165) is 16.1 Å². The third kappa shape index (κ3) is 4.00. The minimum absolute atomic E-state index is 0.236. The molecule has 1 N–H and O–H groups in total. The molecule has 0 unspecified atom stereocenters. The Balaban J connectivity index is 1.83. The molecule has 25 heavy (non-hydrogen) atoms. The number of ether oxygens (including phenoxy) is 1. The Bertz CT molecular complexity index is 891. The van der Waals surface area contributed by atoms with Crippen molar-refractivity contribution < 1.29 is 9.53 Å². The summed E-state index contributed by atoms with van der Waals surface area (Å²) < 4.78 is 5.51. The fourth-order valence-electron chi connectivity index (χ4n) is 2.43. The maximum atomic E-state index is 12.6. The van der Waals surface area contributed by atoms with Crippen molar-refractivity contribution in [2.24, 2.45) is 0 Å². The first-order chi connectivity index (χ1) is 12.1. The van der Waals surface area contributed by atoms with Crippen LogP contribution in [-0.4, -0.2) is 17.5 Å². The molecule has 0 bridgehead atoms. The molecule has 6 heteroatoms. The Morgan fingerprint density at radius 3 is 2.64 bits per heavy atom. The van der Waals surface area contributed by atoms with E-state index in [0.29, 0.717) is 28.1 Å². The van der Waals surface area contributed by atoms with Crippen molar-refractivity contribution >= 4 is 34.0 Å². The van der Waals surface area contributed by atoms with E-state index in [2.05, 4.69) is 10.3 Å². The SMILES string of the molecule is CCOc1ccccc1C(=O)Nc1nc(-c2ccc(Cl)cc2)c(C)s1. The van der Waals surface area contributed by atoms with Crippen molar-refractivity contribution in [3.63, 3.8) is 0 Å². The van der Waals surface area contributed by atoms with Crippen molar-refractivity contribution in [3.8, 4) is 17.0 Å². The first-order valence-electron chi connectivity index (χ1n) is 7.85. The number of halogens is 1. The van der Waals surface area contributed by atoms with E-state index in [1.165, 1.54) is 11.3 Å². The smallest absolute Gasteiger partial charge is 0.261 e. The van der Waals surface area contributed by atoms with Gasteiger partial charge in [-0.2, -0.15) is 0 Å². The van der Waals surface area contributed by atoms with Crippen LogP contribution in [0.3, 0.4) is 0 Å². The molecule has 0 saturated heterocycles. The van der Waals surface area contributed by atoms with Gasteiger partial charge in [0.1, 0.15) is 5.75 Å². The molecule has 4 nitrogen and oxygen atoms in total. The number of nitrogens with one attached hydrogen (secondary N) is 1. The third-order valence-electron chi connectivity index (χ3n) is 3.57. The van der Waals surface area contributed by atoms with Gasteiger partial charge in [-0.25, -0.2) is 4.98 Å². The van der Waals surface area contributed by atoms with E-state index in [-0.39, 0.29) is 5.91 Å². The van der Waals surface area contributed by atoms with Crippen molar-refractivity contribution in [2.75, 3.05) is 11.9 Å². The van der Waals surface area contributed by atoms with Gasteiger partial charge in [-0.05, 0) is 38.1 Å². The van der Waals surface area contributed by atoms with E-state index >= 15 is 0 Å². The van der Waals surface area contributed by atoms with E-state index < -0.39 is 0 Å². The van der Waals surface area contributed by atoms with Crippen molar-refractivity contribution in [3.05, 3.63) is 64.0 Å². The summed E-state index contributed by atoms with van der Waals surface area (Å²) >= 11 is 7.37. The number of carbonyl (C=O) groups excluding carboxylic acids is 1. The highest BCUT2D eigenvalue weighted by atomic mass is 35.5. The number of carbonyl (C=O) groups is 1. The molecule has 0 atom stereocenters. The lowest BCUT2D eigenvalue weighted by Crippen LogP contribution is -2.13. The van der Waals surface area contributed by atoms with Gasteiger partial charge in [0.15, 0.2) is 5.13 Å². The van der Waals surface area contributed by atoms with E-state index in [4.69, 9.17) is 16.3 Å². The highest BCUT2D eigenvalue weighted by Gasteiger charge is 2.16. The molecule has 128 valence electrons. The lowest BCUT2D eigenvalue weighted by Gasteiger charge is -2.08. The number of benzene rings is 2. The molecular weight excluding hydrogens is 356 g/mol. The lowest BCUT2D eigenvalue weighted by molar-refractivity contribution is 0.102. The molecule has 0 aliphatic rings. The second-order valence-electron chi connectivity index (χ2n) is 5.31. The molecule has 0 radical (unpaired) electrons. The maximum Gasteiger partial charge on any atom is 0.261 e. The Labute approximate surface area is 155 Å². The Morgan fingerprint density at radius 2 is 1.92 bits per heavy atom. The van der Waals surface area contributed by atoms with Crippen LogP contribution in [0.2, 0.25) is 5.02 Å². The molecular formula is C19H17ClN2O2S. The largest absolute Gasteiger partial charge is 0.493 e. The van der Waals surface area contributed by atoms with Gasteiger partial charge in [0.2, 0.25) is 0 Å². The maximum absolute atomic E-state index is 12.6. The molecule has 3 aromatic rings. The van der Waals surface area contributed by atoms with Crippen LogP contribution in [-0.2, 0) is 0 Å². The number of aryl methyl sites for hydroxylation is 1. The highest BCUT2D eigenvalue weighted by Crippen LogP contribution is 2.31. The van der Waals surface area contributed by atoms with Gasteiger partial charge < -0.3 is 4.74 Å². The molecule has 0 saturated carbocycles. The average Bonchev–Trinajstić information content (AvgIpc) is 2.96. The Kier molecular flexibility index (Phi) is 5.36. The number of amides is 1. The number of anilines is 1. The number of para-hydroxylation sites is 1. The number of rotatable bonds is 5. The van der Waals surface area contributed by atoms with Gasteiger partial charge >= 0.3 is 0 Å². The average molecular weight is 373 g/mol. The van der Waals surface area contributed by atoms with Gasteiger partial charge in [0, 0.05) is 15.5 Å². The summed E-state index contributed by atoms with van der Waals surface area (Å²) in [7, 11) is 0. The second-order valence-corrected chi connectivity index (χ2v) is 6.95. The standard InChI is InChI=1S/C19H17ClN2O2S/c1-3-24-16-7-5-4-6-15(16)18(23)22-19-21-17(12(2)25-19)13-8-10-14(20)11-9-13/h4-11H,3H2,1-2H3,(H,21,22,23). The Morgan fingerprint density at radius 1 is 1.20 bits per heavy atom. The van der Waals surface area contributed by atoms with Crippen LogP contribution in [0.25, 0.3) is 11.3 Å². The van der Waals surface area contributed by atoms with Crippen LogP contribution < -0.4 is 10.1 Å². The summed E-state index contributed by atoms with van der Waals surface area (Å²) in [6.45, 7) is 4.37. The van der Waals surface area contributed by atoms with Gasteiger partial charge in [0.25, 0.3) is 5.91 Å². The first kappa shape index (κ1) is 17.5. The molecule has 0 aliphatic carbocycles. The quantitative estimate of drug-likeness (QED) is 0.650. The summed E-state index contributed by atoms with van der Waals surface area (Å²) in [5.41, 5.74) is 2.30. The molecule has 1 amide bonds. The summed E-state index contributed by atoms with van der Waals surface area (Å²) in [6.07, 6.45) is 0. The topological polar surface area (TPSA) is 51.2 Å². The van der Waals surface area contributed by atoms with Gasteiger partial charge in [-0.15, -0.1) is 11.3 Å². The van der Waals surface area contributed by atoms with Crippen molar-refractivity contribution in [1.29, 1.82) is 0 Å². The van der Waals surface area contributed by atoms with Crippen molar-refractivity contribution in [1.82, 2.24) is 4.98 Å². The first-order valence-corrected chi connectivity index (χ1v) is 9.04. The summed E-state index contributed by atoms with van der Waals surface area (Å²) in [6, 6.07) is 14.7. The zero-order valence-corrected chi connectivity index (χ0v) is 15.4. The summed E-state index contributed by atoms with van der Waals surface area (Å²) in [5.74, 6) is 0.328. The fraction of sp³-hybridized carbons (Fsp3) is 0.158. The fourth-order valence-corrected chi connectivity index (χ4v) is 3.38. The predicted molar refractivity (Wildman–Crippen MR) is 103 cm³/mol. The van der Waals surface area contributed by atoms with Crippen LogP contribution in [0.5, 0.6) is 5.75 Å². The number of hydrogen-bond donors (Lipinski definition) is 1. The van der Waals surface area contributed by atoms with E-state index in [1.807, 2.05) is 50.2 Å². The summed E-state index contributed by atoms with van der Waals surface area (Å²) in [4.78, 5) is 18.1. The van der Waals surface area contributed by atoms with Crippen molar-refractivity contribution in [2.45, 2.75) is 13.8 Å². The van der Waals surface area contributed by atoms with Crippen LogP contribution in [0, 0.1) is 6.92 Å².